The molecule has 4 nitrogen and oxygen atoms in total. The molecule has 0 radical (unpaired) electrons. The summed E-state index contributed by atoms with van der Waals surface area (Å²) in [6.45, 7) is 9.32. The maximum atomic E-state index is 6.72. The maximum absolute atomic E-state index is 6.72. The summed E-state index contributed by atoms with van der Waals surface area (Å²) < 4.78 is 9.24. The van der Waals surface area contributed by atoms with Crippen LogP contribution >= 0.6 is 15.9 Å². The third kappa shape index (κ3) is 3.35. The lowest BCUT2D eigenvalue weighted by Crippen LogP contribution is -2.48. The molecule has 5 heteroatoms. The Balaban J connectivity index is 2.39. The fraction of sp³-hybridized carbons (Fsp3) is 0.812. The van der Waals surface area contributed by atoms with Crippen LogP contribution in [0.25, 0.3) is 0 Å². The average molecular weight is 358 g/mol. The number of hydrogen-bond acceptors (Lipinski definition) is 3. The van der Waals surface area contributed by atoms with Crippen molar-refractivity contribution in [1.82, 2.24) is 9.78 Å². The molecule has 1 aromatic heterocycles. The smallest absolute Gasteiger partial charge is 0.0892 e. The van der Waals surface area contributed by atoms with Gasteiger partial charge in [-0.05, 0) is 55.5 Å². The van der Waals surface area contributed by atoms with Gasteiger partial charge >= 0.3 is 0 Å². The highest BCUT2D eigenvalue weighted by molar-refractivity contribution is 9.10. The van der Waals surface area contributed by atoms with E-state index in [1.165, 1.54) is 12.8 Å². The minimum absolute atomic E-state index is 0.153. The second-order valence-electron chi connectivity index (χ2n) is 6.59. The first-order valence-electron chi connectivity index (χ1n) is 8.03. The molecule has 0 aliphatic heterocycles. The lowest BCUT2D eigenvalue weighted by atomic mass is 9.74. The Labute approximate surface area is 136 Å². The normalized spacial score (nSPS) is 28.0. The zero-order chi connectivity index (χ0) is 15.6. The molecule has 0 spiro atoms. The van der Waals surface area contributed by atoms with Crippen LogP contribution in [0.2, 0.25) is 0 Å². The zero-order valence-electron chi connectivity index (χ0n) is 13.6. The largest absolute Gasteiger partial charge is 0.373 e. The van der Waals surface area contributed by atoms with Gasteiger partial charge in [-0.25, -0.2) is 0 Å². The van der Waals surface area contributed by atoms with Crippen LogP contribution in [0.4, 0.5) is 0 Å². The van der Waals surface area contributed by atoms with Crippen molar-refractivity contribution in [2.75, 3.05) is 6.61 Å². The second-order valence-corrected chi connectivity index (χ2v) is 7.45. The molecule has 3 unspecified atom stereocenters. The van der Waals surface area contributed by atoms with Crippen LogP contribution in [-0.4, -0.2) is 22.0 Å². The first kappa shape index (κ1) is 17.0. The van der Waals surface area contributed by atoms with Crippen LogP contribution < -0.4 is 5.73 Å². The van der Waals surface area contributed by atoms with Gasteiger partial charge in [0.05, 0.1) is 28.0 Å². The van der Waals surface area contributed by atoms with E-state index in [2.05, 4.69) is 48.7 Å². The van der Waals surface area contributed by atoms with Gasteiger partial charge in [-0.3, -0.25) is 4.68 Å². The van der Waals surface area contributed by atoms with Crippen molar-refractivity contribution in [1.29, 1.82) is 0 Å². The SMILES string of the molecule is CCOC1(C(N)c2c(Br)cnn2C(C)C)CCCC(C)C1. The molecule has 120 valence electrons. The molecular weight excluding hydrogens is 330 g/mol. The van der Waals surface area contributed by atoms with Crippen molar-refractivity contribution in [3.8, 4) is 0 Å². The van der Waals surface area contributed by atoms with Gasteiger partial charge in [-0.2, -0.15) is 5.10 Å². The fourth-order valence-electron chi connectivity index (χ4n) is 3.64. The average Bonchev–Trinajstić information content (AvgIpc) is 2.80. The van der Waals surface area contributed by atoms with Crippen molar-refractivity contribution in [3.05, 3.63) is 16.4 Å². The molecule has 1 fully saturated rings. The molecule has 0 aromatic carbocycles. The molecule has 1 aromatic rings. The van der Waals surface area contributed by atoms with Gasteiger partial charge in [0, 0.05) is 12.6 Å². The highest BCUT2D eigenvalue weighted by atomic mass is 79.9. The lowest BCUT2D eigenvalue weighted by molar-refractivity contribution is -0.0955. The Kier molecular flexibility index (Phi) is 5.49. The Morgan fingerprint density at radius 1 is 1.57 bits per heavy atom. The first-order chi connectivity index (χ1) is 9.91. The number of hydrogen-bond donors (Lipinski definition) is 1. The Hall–Kier alpha value is -0.390. The summed E-state index contributed by atoms with van der Waals surface area (Å²) in [6, 6.07) is 0.136. The van der Waals surface area contributed by atoms with Crippen LogP contribution in [-0.2, 0) is 4.74 Å². The Morgan fingerprint density at radius 2 is 2.29 bits per heavy atom. The summed E-state index contributed by atoms with van der Waals surface area (Å²) in [5.74, 6) is 0.658. The van der Waals surface area contributed by atoms with E-state index in [4.69, 9.17) is 10.5 Å². The molecule has 1 aliphatic rings. The van der Waals surface area contributed by atoms with Gasteiger partial charge in [0.2, 0.25) is 0 Å². The van der Waals surface area contributed by atoms with E-state index < -0.39 is 0 Å². The predicted octanol–water partition coefficient (Wildman–Crippen LogP) is 4.21. The molecule has 2 rings (SSSR count). The molecule has 0 bridgehead atoms. The second kappa shape index (κ2) is 6.80. The molecule has 2 N–H and O–H groups in total. The quantitative estimate of drug-likeness (QED) is 0.858. The summed E-state index contributed by atoms with van der Waals surface area (Å²) in [7, 11) is 0. The monoisotopic (exact) mass is 357 g/mol. The Bertz CT molecular complexity index is 470. The lowest BCUT2D eigenvalue weighted by Gasteiger charge is -2.44. The third-order valence-corrected chi connectivity index (χ3v) is 5.17. The van der Waals surface area contributed by atoms with Gasteiger partial charge in [-0.15, -0.1) is 0 Å². The van der Waals surface area contributed by atoms with Crippen molar-refractivity contribution in [2.24, 2.45) is 11.7 Å². The molecule has 21 heavy (non-hydrogen) atoms. The van der Waals surface area contributed by atoms with E-state index in [9.17, 15) is 0 Å². The third-order valence-electron chi connectivity index (χ3n) is 4.56. The highest BCUT2D eigenvalue weighted by Gasteiger charge is 2.43. The van der Waals surface area contributed by atoms with Crippen molar-refractivity contribution < 1.29 is 4.74 Å². The van der Waals surface area contributed by atoms with Gasteiger partial charge in [-0.1, -0.05) is 19.8 Å². The number of nitrogens with zero attached hydrogens (tertiary/aromatic N) is 2. The number of nitrogens with two attached hydrogens (primary N) is 1. The first-order valence-corrected chi connectivity index (χ1v) is 8.83. The molecule has 1 saturated carbocycles. The van der Waals surface area contributed by atoms with Crippen molar-refractivity contribution in [3.63, 3.8) is 0 Å². The number of rotatable bonds is 5. The van der Waals surface area contributed by atoms with E-state index in [0.29, 0.717) is 12.5 Å². The van der Waals surface area contributed by atoms with E-state index >= 15 is 0 Å². The standard InChI is InChI=1S/C16H28BrN3O/c1-5-21-16(8-6-7-12(4)9-16)15(18)14-13(17)10-19-20(14)11(2)3/h10-12,15H,5-9,18H2,1-4H3. The number of halogens is 1. The number of aromatic nitrogens is 2. The molecule has 1 aliphatic carbocycles. The molecule has 0 amide bonds. The van der Waals surface area contributed by atoms with Crippen molar-refractivity contribution in [2.45, 2.75) is 71.1 Å². The Morgan fingerprint density at radius 3 is 2.86 bits per heavy atom. The van der Waals surface area contributed by atoms with Gasteiger partial charge in [0.1, 0.15) is 0 Å². The van der Waals surface area contributed by atoms with E-state index in [1.54, 1.807) is 0 Å². The summed E-state index contributed by atoms with van der Waals surface area (Å²) in [6.07, 6.45) is 6.36. The van der Waals surface area contributed by atoms with Crippen LogP contribution in [0.15, 0.2) is 10.7 Å². The molecular formula is C16H28BrN3O. The minimum Gasteiger partial charge on any atom is -0.373 e. The van der Waals surface area contributed by atoms with E-state index in [-0.39, 0.29) is 17.7 Å². The predicted molar refractivity (Wildman–Crippen MR) is 89.2 cm³/mol. The fourth-order valence-corrected chi connectivity index (χ4v) is 4.16. The number of ether oxygens (including phenoxy) is 1. The van der Waals surface area contributed by atoms with Gasteiger partial charge in [0.15, 0.2) is 0 Å². The summed E-state index contributed by atoms with van der Waals surface area (Å²) in [5, 5.41) is 4.48. The van der Waals surface area contributed by atoms with Gasteiger partial charge < -0.3 is 10.5 Å². The van der Waals surface area contributed by atoms with Gasteiger partial charge in [0.25, 0.3) is 0 Å². The van der Waals surface area contributed by atoms with Crippen LogP contribution in [0, 0.1) is 5.92 Å². The highest BCUT2D eigenvalue weighted by Crippen LogP contribution is 2.44. The maximum Gasteiger partial charge on any atom is 0.0892 e. The van der Waals surface area contributed by atoms with Crippen LogP contribution in [0.1, 0.15) is 71.2 Å². The van der Waals surface area contributed by atoms with E-state index in [1.807, 2.05) is 10.9 Å². The summed E-state index contributed by atoms with van der Waals surface area (Å²) in [5.41, 5.74) is 7.52. The van der Waals surface area contributed by atoms with Crippen LogP contribution in [0.5, 0.6) is 0 Å². The topological polar surface area (TPSA) is 53.1 Å². The molecule has 0 saturated heterocycles. The minimum atomic E-state index is -0.262. The molecule has 1 heterocycles. The molecule has 3 atom stereocenters. The summed E-state index contributed by atoms with van der Waals surface area (Å²) in [4.78, 5) is 0. The van der Waals surface area contributed by atoms with Crippen molar-refractivity contribution >= 4 is 15.9 Å². The zero-order valence-corrected chi connectivity index (χ0v) is 15.2. The van der Waals surface area contributed by atoms with Crippen LogP contribution in [0.3, 0.4) is 0 Å². The summed E-state index contributed by atoms with van der Waals surface area (Å²) >= 11 is 3.62. The van der Waals surface area contributed by atoms with E-state index in [0.717, 1.165) is 23.0 Å².